The molecule has 2 aromatic rings. The van der Waals surface area contributed by atoms with E-state index in [-0.39, 0.29) is 11.2 Å². The first-order valence-electron chi connectivity index (χ1n) is 7.19. The van der Waals surface area contributed by atoms with Crippen molar-refractivity contribution in [2.75, 3.05) is 0 Å². The molecule has 0 N–H and O–H groups in total. The molecular weight excluding hydrogens is 320 g/mol. The van der Waals surface area contributed by atoms with Gasteiger partial charge in [0, 0.05) is 21.1 Å². The van der Waals surface area contributed by atoms with Crippen molar-refractivity contribution in [2.24, 2.45) is 0 Å². The molecule has 0 fully saturated rings. The molecule has 108 valence electrons. The molecule has 0 aromatic carbocycles. The highest BCUT2D eigenvalue weighted by Gasteiger charge is 2.42. The van der Waals surface area contributed by atoms with Crippen LogP contribution in [0, 0.1) is 6.92 Å². The highest BCUT2D eigenvalue weighted by Crippen LogP contribution is 2.51. The zero-order chi connectivity index (χ0) is 14.6. The van der Waals surface area contributed by atoms with E-state index in [9.17, 15) is 4.79 Å². The predicted octanol–water partition coefficient (Wildman–Crippen LogP) is 5.08. The van der Waals surface area contributed by atoms with Gasteiger partial charge in [0.1, 0.15) is 0 Å². The van der Waals surface area contributed by atoms with Crippen LogP contribution in [0.15, 0.2) is 24.3 Å². The van der Waals surface area contributed by atoms with Crippen LogP contribution >= 0.6 is 34.3 Å². The summed E-state index contributed by atoms with van der Waals surface area (Å²) in [6.45, 7) is 2.17. The highest BCUT2D eigenvalue weighted by molar-refractivity contribution is 7.17. The Labute approximate surface area is 137 Å². The molecule has 1 nitrogen and oxygen atoms in total. The molecular formula is C17H15ClOS2. The van der Waals surface area contributed by atoms with E-state index in [0.29, 0.717) is 6.42 Å². The number of carbonyl (C=O) groups is 1. The van der Waals surface area contributed by atoms with Crippen molar-refractivity contribution < 1.29 is 4.79 Å². The Bertz CT molecular complexity index is 718. The fraction of sp³-hybridized carbons (Fsp3) is 0.353. The number of hydrogen-bond donors (Lipinski definition) is 0. The first-order chi connectivity index (χ1) is 10.1. The van der Waals surface area contributed by atoms with Gasteiger partial charge >= 0.3 is 0 Å². The van der Waals surface area contributed by atoms with Gasteiger partial charge in [0.05, 0.1) is 9.75 Å². The average molecular weight is 335 g/mol. The van der Waals surface area contributed by atoms with Gasteiger partial charge in [-0.3, -0.25) is 4.79 Å². The van der Waals surface area contributed by atoms with Crippen LogP contribution in [0.3, 0.4) is 0 Å². The van der Waals surface area contributed by atoms with Gasteiger partial charge in [-0.15, -0.1) is 22.7 Å². The van der Waals surface area contributed by atoms with Gasteiger partial charge < -0.3 is 0 Å². The number of halogens is 1. The molecule has 2 heterocycles. The summed E-state index contributed by atoms with van der Waals surface area (Å²) in [5.74, 6) is 0.240. The number of ketones is 1. The van der Waals surface area contributed by atoms with E-state index in [1.54, 1.807) is 17.4 Å². The van der Waals surface area contributed by atoms with Crippen LogP contribution in [0.25, 0.3) is 0 Å². The maximum absolute atomic E-state index is 11.7. The molecule has 2 aliphatic carbocycles. The minimum Gasteiger partial charge on any atom is -0.295 e. The minimum atomic E-state index is -0.119. The van der Waals surface area contributed by atoms with Crippen molar-refractivity contribution in [3.05, 3.63) is 54.4 Å². The van der Waals surface area contributed by atoms with Crippen LogP contribution in [0.1, 0.15) is 38.6 Å². The van der Waals surface area contributed by atoms with Crippen LogP contribution in [0.4, 0.5) is 0 Å². The van der Waals surface area contributed by atoms with E-state index in [1.807, 2.05) is 11.3 Å². The molecule has 21 heavy (non-hydrogen) atoms. The Morgan fingerprint density at radius 1 is 1.10 bits per heavy atom. The smallest absolute Gasteiger partial charge is 0.155 e. The summed E-state index contributed by atoms with van der Waals surface area (Å²) >= 11 is 9.87. The Balaban J connectivity index is 2.02. The van der Waals surface area contributed by atoms with Crippen LogP contribution in [0.2, 0.25) is 4.34 Å². The number of thiophene rings is 2. The average Bonchev–Trinajstić information content (AvgIpc) is 2.99. The second-order valence-electron chi connectivity index (χ2n) is 5.89. The maximum Gasteiger partial charge on any atom is 0.155 e. The van der Waals surface area contributed by atoms with E-state index in [4.69, 9.17) is 11.6 Å². The van der Waals surface area contributed by atoms with Crippen molar-refractivity contribution in [1.82, 2.24) is 0 Å². The zero-order valence-corrected chi connectivity index (χ0v) is 14.1. The molecule has 2 aliphatic rings. The predicted molar refractivity (Wildman–Crippen MR) is 90.0 cm³/mol. The Hall–Kier alpha value is -0.900. The number of allylic oxidation sites excluding steroid dienone is 2. The lowest BCUT2D eigenvalue weighted by Crippen LogP contribution is -2.28. The van der Waals surface area contributed by atoms with E-state index in [0.717, 1.165) is 23.6 Å². The third kappa shape index (κ3) is 2.06. The second kappa shape index (κ2) is 4.80. The van der Waals surface area contributed by atoms with E-state index < -0.39 is 0 Å². The summed E-state index contributed by atoms with van der Waals surface area (Å²) in [6, 6.07) is 4.45. The normalized spacial score (nSPS) is 24.0. The Morgan fingerprint density at radius 3 is 2.52 bits per heavy atom. The lowest BCUT2D eigenvalue weighted by atomic mass is 9.75. The van der Waals surface area contributed by atoms with Gasteiger partial charge in [-0.25, -0.2) is 0 Å². The van der Waals surface area contributed by atoms with Crippen LogP contribution in [0.5, 0.6) is 0 Å². The van der Waals surface area contributed by atoms with Gasteiger partial charge in [0.25, 0.3) is 0 Å². The van der Waals surface area contributed by atoms with E-state index in [1.165, 1.54) is 25.8 Å². The van der Waals surface area contributed by atoms with Crippen molar-refractivity contribution in [3.8, 4) is 0 Å². The summed E-state index contributed by atoms with van der Waals surface area (Å²) in [5, 5.41) is 0. The number of hydrogen-bond acceptors (Lipinski definition) is 3. The summed E-state index contributed by atoms with van der Waals surface area (Å²) in [4.78, 5) is 15.9. The van der Waals surface area contributed by atoms with E-state index in [2.05, 4.69) is 25.1 Å². The molecule has 4 heteroatoms. The molecule has 0 radical (unpaired) electrons. The molecule has 0 aliphatic heterocycles. The standard InChI is InChI=1S/C17H15ClOS2/c1-10-8-11-2-3-12-9-14(18)21-16(12)17(15(11)20-10)6-4-13(19)5-7-17/h4,6,8-9H,2-3,5,7H2,1H3/t17-/m0/s1. The van der Waals surface area contributed by atoms with Gasteiger partial charge in [-0.1, -0.05) is 17.7 Å². The number of aryl methyl sites for hydroxylation is 3. The maximum atomic E-state index is 11.7. The molecule has 1 spiro atoms. The van der Waals surface area contributed by atoms with Gasteiger partial charge in [0.15, 0.2) is 5.78 Å². The molecule has 2 aromatic heterocycles. The fourth-order valence-corrected chi connectivity index (χ4v) is 6.40. The van der Waals surface area contributed by atoms with Crippen molar-refractivity contribution in [1.29, 1.82) is 0 Å². The van der Waals surface area contributed by atoms with Crippen molar-refractivity contribution in [2.45, 2.75) is 38.0 Å². The fourth-order valence-electron chi connectivity index (χ4n) is 3.56. The third-order valence-electron chi connectivity index (χ3n) is 4.50. The van der Waals surface area contributed by atoms with Crippen LogP contribution < -0.4 is 0 Å². The first kappa shape index (κ1) is 13.7. The minimum absolute atomic E-state index is 0.119. The summed E-state index contributed by atoms with van der Waals surface area (Å²) in [7, 11) is 0. The summed E-state index contributed by atoms with van der Waals surface area (Å²) < 4.78 is 0.862. The van der Waals surface area contributed by atoms with Gasteiger partial charge in [-0.05, 0) is 55.5 Å². The number of fused-ring (bicyclic) bond motifs is 4. The second-order valence-corrected chi connectivity index (χ2v) is 8.83. The van der Waals surface area contributed by atoms with E-state index >= 15 is 0 Å². The Morgan fingerprint density at radius 2 is 1.81 bits per heavy atom. The number of carbonyl (C=O) groups excluding carboxylic acids is 1. The summed E-state index contributed by atoms with van der Waals surface area (Å²) in [5.41, 5.74) is 2.70. The monoisotopic (exact) mass is 334 g/mol. The SMILES string of the molecule is Cc1cc2c(s1)[C@@]1(C=CC(=O)CC1)c1sc(Cl)cc1CC2. The number of rotatable bonds is 0. The highest BCUT2D eigenvalue weighted by atomic mass is 35.5. The molecule has 4 rings (SSSR count). The van der Waals surface area contributed by atoms with Gasteiger partial charge in [-0.2, -0.15) is 0 Å². The molecule has 0 bridgehead atoms. The molecule has 0 unspecified atom stereocenters. The van der Waals surface area contributed by atoms with Gasteiger partial charge in [0.2, 0.25) is 0 Å². The lowest BCUT2D eigenvalue weighted by Gasteiger charge is -2.32. The molecule has 1 atom stereocenters. The first-order valence-corrected chi connectivity index (χ1v) is 9.20. The molecule has 0 saturated heterocycles. The molecule has 0 saturated carbocycles. The van der Waals surface area contributed by atoms with Crippen LogP contribution in [-0.2, 0) is 23.1 Å². The topological polar surface area (TPSA) is 17.1 Å². The third-order valence-corrected chi connectivity index (χ3v) is 7.26. The van der Waals surface area contributed by atoms with Crippen molar-refractivity contribution in [3.63, 3.8) is 0 Å². The van der Waals surface area contributed by atoms with Crippen LogP contribution in [-0.4, -0.2) is 5.78 Å². The zero-order valence-electron chi connectivity index (χ0n) is 11.7. The lowest BCUT2D eigenvalue weighted by molar-refractivity contribution is -0.115. The quantitative estimate of drug-likeness (QED) is 0.657. The van der Waals surface area contributed by atoms with Crippen molar-refractivity contribution >= 4 is 40.1 Å². The molecule has 0 amide bonds. The summed E-state index contributed by atoms with van der Waals surface area (Å²) in [6.07, 6.45) is 7.55. The largest absolute Gasteiger partial charge is 0.295 e. The Kier molecular flexibility index (Phi) is 3.14.